The van der Waals surface area contributed by atoms with Gasteiger partial charge in [0.05, 0.1) is 7.14 Å². The monoisotopic (exact) mass is 386 g/mol. The van der Waals surface area contributed by atoms with Crippen molar-refractivity contribution in [3.05, 3.63) is 0 Å². The van der Waals surface area contributed by atoms with Crippen molar-refractivity contribution in [3.63, 3.8) is 0 Å². The normalized spacial score (nSPS) is 10.2. The Kier molecular flexibility index (Phi) is 30.6. The minimum atomic E-state index is -2.67. The summed E-state index contributed by atoms with van der Waals surface area (Å²) in [7, 11) is -4.21. The van der Waals surface area contributed by atoms with Crippen molar-refractivity contribution in [1.29, 1.82) is 0 Å². The first-order chi connectivity index (χ1) is 8.24. The van der Waals surface area contributed by atoms with E-state index in [9.17, 15) is 17.5 Å². The lowest BCUT2D eigenvalue weighted by atomic mass is 11.0. The summed E-state index contributed by atoms with van der Waals surface area (Å²) in [6.07, 6.45) is 3.58. The van der Waals surface area contributed by atoms with Gasteiger partial charge in [0.25, 0.3) is 0 Å². The average Bonchev–Trinajstić information content (AvgIpc) is 2.26. The first kappa shape index (κ1) is 38.1. The lowest BCUT2D eigenvalue weighted by Crippen LogP contribution is -1.89. The minimum absolute atomic E-state index is 0. The van der Waals surface area contributed by atoms with Crippen molar-refractivity contribution in [3.8, 4) is 0 Å². The van der Waals surface area contributed by atoms with E-state index in [4.69, 9.17) is 0 Å². The maximum absolute atomic E-state index is 10.9. The first-order valence-corrected chi connectivity index (χ1v) is 12.5. The summed E-state index contributed by atoms with van der Waals surface area (Å²) in [5.74, 6) is 0. The Balaban J connectivity index is -0.0000000419. The molecule has 0 saturated heterocycles. The largest absolute Gasteiger partial charge is 0.329 e. The molecule has 9 heteroatoms. The number of rotatable bonds is 4. The second kappa shape index (κ2) is 17.7. The van der Waals surface area contributed by atoms with Crippen molar-refractivity contribution in [2.45, 2.75) is 36.1 Å². The second-order valence-corrected chi connectivity index (χ2v) is 13.0. The fourth-order valence-corrected chi connectivity index (χ4v) is 0.998. The van der Waals surface area contributed by atoms with Crippen LogP contribution in [0.1, 0.15) is 36.1 Å². The maximum Gasteiger partial charge on any atom is 0.329 e. The lowest BCUT2D eigenvalue weighted by Gasteiger charge is -2.08. The summed E-state index contributed by atoms with van der Waals surface area (Å²) in [6, 6.07) is 0. The summed E-state index contributed by atoms with van der Waals surface area (Å²) in [6.45, 7) is 7.30. The Labute approximate surface area is 140 Å². The van der Waals surface area contributed by atoms with Gasteiger partial charge in [-0.3, -0.25) is 4.57 Å². The molecule has 0 aliphatic heterocycles. The molecule has 0 aromatic carbocycles. The SMILES string of the molecule is C.C.C.CCP(=O)(OC)OC.CCP(C)(C)=O.CS(C)(=O)=O. The molecule has 0 saturated carbocycles. The molecule has 0 aliphatic carbocycles. The van der Waals surface area contributed by atoms with Crippen LogP contribution >= 0.6 is 14.7 Å². The molecule has 0 amide bonds. The van der Waals surface area contributed by atoms with E-state index >= 15 is 0 Å². The third-order valence-electron chi connectivity index (χ3n) is 1.71. The van der Waals surface area contributed by atoms with Crippen LogP contribution in [-0.2, 0) is 28.0 Å². The molecular formula is C13H40O6P2S. The molecule has 0 aliphatic rings. The third-order valence-corrected chi connectivity index (χ3v) is 5.12. The maximum atomic E-state index is 10.9. The van der Waals surface area contributed by atoms with Crippen LogP contribution in [0.15, 0.2) is 0 Å². The molecule has 0 heterocycles. The molecule has 0 aromatic heterocycles. The number of hydrogen-bond acceptors (Lipinski definition) is 6. The van der Waals surface area contributed by atoms with Gasteiger partial charge in [0.1, 0.15) is 9.84 Å². The fraction of sp³-hybridized carbons (Fsp3) is 1.00. The summed E-state index contributed by atoms with van der Waals surface area (Å²) in [5, 5.41) is 0. The smallest absolute Gasteiger partial charge is 0.324 e. The predicted molar refractivity (Wildman–Crippen MR) is 103 cm³/mol. The molecule has 144 valence electrons. The molecule has 0 rings (SSSR count). The molecule has 0 unspecified atom stereocenters. The van der Waals surface area contributed by atoms with E-state index in [1.807, 2.05) is 6.92 Å². The molecule has 0 spiro atoms. The molecule has 0 radical (unpaired) electrons. The van der Waals surface area contributed by atoms with Crippen molar-refractivity contribution in [1.82, 2.24) is 0 Å². The van der Waals surface area contributed by atoms with Crippen LogP contribution in [0.2, 0.25) is 0 Å². The van der Waals surface area contributed by atoms with Gasteiger partial charge in [-0.2, -0.15) is 0 Å². The van der Waals surface area contributed by atoms with E-state index in [2.05, 4.69) is 9.05 Å². The highest BCUT2D eigenvalue weighted by Crippen LogP contribution is 2.45. The highest BCUT2D eigenvalue weighted by molar-refractivity contribution is 7.89. The average molecular weight is 386 g/mol. The van der Waals surface area contributed by atoms with Crippen LogP contribution in [0.25, 0.3) is 0 Å². The van der Waals surface area contributed by atoms with Crippen LogP contribution in [0.3, 0.4) is 0 Å². The van der Waals surface area contributed by atoms with Gasteiger partial charge >= 0.3 is 7.60 Å². The van der Waals surface area contributed by atoms with Crippen LogP contribution in [0, 0.1) is 0 Å². The van der Waals surface area contributed by atoms with Gasteiger partial charge in [0.15, 0.2) is 0 Å². The molecule has 0 N–H and O–H groups in total. The van der Waals surface area contributed by atoms with Gasteiger partial charge in [-0.1, -0.05) is 36.1 Å². The zero-order valence-electron chi connectivity index (χ0n) is 13.2. The van der Waals surface area contributed by atoms with E-state index in [1.54, 1.807) is 20.3 Å². The Morgan fingerprint density at radius 3 is 1.00 bits per heavy atom. The van der Waals surface area contributed by atoms with Crippen LogP contribution < -0.4 is 0 Å². The lowest BCUT2D eigenvalue weighted by molar-refractivity contribution is 0.277. The van der Waals surface area contributed by atoms with Crippen molar-refractivity contribution >= 4 is 24.6 Å². The Hall–Kier alpha value is 0.330. The Morgan fingerprint density at radius 1 is 0.818 bits per heavy atom. The molecule has 0 atom stereocenters. The van der Waals surface area contributed by atoms with Crippen LogP contribution in [0.4, 0.5) is 0 Å². The van der Waals surface area contributed by atoms with Gasteiger partial charge in [-0.25, -0.2) is 8.42 Å². The van der Waals surface area contributed by atoms with E-state index in [1.165, 1.54) is 14.2 Å². The number of sulfone groups is 1. The standard InChI is InChI=1S/C4H11O3P.C4H11OP.C2H6O2S.3CH4/c1-4-8(5,6-2)7-3;1-4-6(2,3)5;1-5(2,3)4;;;/h4H2,1-3H3;4H2,1-3H3;1-2H3;3*1H4. The van der Waals surface area contributed by atoms with Gasteiger partial charge in [0, 0.05) is 32.9 Å². The quantitative estimate of drug-likeness (QED) is 0.652. The fourth-order valence-electron chi connectivity index (χ4n) is 0.333. The van der Waals surface area contributed by atoms with Crippen molar-refractivity contribution in [2.24, 2.45) is 0 Å². The van der Waals surface area contributed by atoms with E-state index in [0.717, 1.165) is 18.7 Å². The predicted octanol–water partition coefficient (Wildman–Crippen LogP) is 4.69. The minimum Gasteiger partial charge on any atom is -0.324 e. The van der Waals surface area contributed by atoms with Crippen LogP contribution in [-0.4, -0.2) is 60.8 Å². The highest BCUT2D eigenvalue weighted by atomic mass is 32.2. The van der Waals surface area contributed by atoms with Crippen molar-refractivity contribution < 1.29 is 26.6 Å². The van der Waals surface area contributed by atoms with Crippen LogP contribution in [0.5, 0.6) is 0 Å². The topological polar surface area (TPSA) is 86.7 Å². The molecule has 6 nitrogen and oxygen atoms in total. The second-order valence-electron chi connectivity index (χ2n) is 4.33. The Morgan fingerprint density at radius 2 is 1.00 bits per heavy atom. The summed E-state index contributed by atoms with van der Waals surface area (Å²) < 4.78 is 49.9. The molecular weight excluding hydrogens is 346 g/mol. The zero-order valence-corrected chi connectivity index (χ0v) is 15.8. The first-order valence-electron chi connectivity index (χ1n) is 5.64. The highest BCUT2D eigenvalue weighted by Gasteiger charge is 2.15. The van der Waals surface area contributed by atoms with Crippen molar-refractivity contribution in [2.75, 3.05) is 52.4 Å². The van der Waals surface area contributed by atoms with Gasteiger partial charge in [0.2, 0.25) is 0 Å². The summed E-state index contributed by atoms with van der Waals surface area (Å²) in [5.41, 5.74) is 0. The summed E-state index contributed by atoms with van der Waals surface area (Å²) >= 11 is 0. The van der Waals surface area contributed by atoms with Gasteiger partial charge < -0.3 is 13.6 Å². The van der Waals surface area contributed by atoms with E-state index in [0.29, 0.717) is 6.16 Å². The van der Waals surface area contributed by atoms with E-state index < -0.39 is 24.6 Å². The molecule has 0 aromatic rings. The van der Waals surface area contributed by atoms with Gasteiger partial charge in [-0.15, -0.1) is 0 Å². The molecule has 0 fully saturated rings. The van der Waals surface area contributed by atoms with E-state index in [-0.39, 0.29) is 22.3 Å². The molecule has 22 heavy (non-hydrogen) atoms. The summed E-state index contributed by atoms with van der Waals surface area (Å²) in [4.78, 5) is 0. The zero-order chi connectivity index (χ0) is 16.3. The number of hydrogen-bond donors (Lipinski definition) is 0. The Bertz CT molecular complexity index is 374. The molecule has 0 bridgehead atoms. The third kappa shape index (κ3) is 50.0. The van der Waals surface area contributed by atoms with Gasteiger partial charge in [-0.05, 0) is 19.5 Å².